The summed E-state index contributed by atoms with van der Waals surface area (Å²) in [6, 6.07) is 0. The first-order chi connectivity index (χ1) is 11.1. The highest BCUT2D eigenvalue weighted by atomic mass is 16.6. The molecular weight excluding hydrogens is 308 g/mol. The van der Waals surface area contributed by atoms with Gasteiger partial charge in [-0.3, -0.25) is 4.79 Å². The van der Waals surface area contributed by atoms with E-state index in [-0.39, 0.29) is 23.2 Å². The molecule has 0 bridgehead atoms. The average Bonchev–Trinajstić information content (AvgIpc) is 2.81. The van der Waals surface area contributed by atoms with Crippen molar-refractivity contribution in [2.45, 2.75) is 53.1 Å². The summed E-state index contributed by atoms with van der Waals surface area (Å²) in [6.07, 6.45) is 1.49. The molecule has 0 saturated carbocycles. The lowest BCUT2D eigenvalue weighted by Crippen LogP contribution is -2.43. The number of rotatable bonds is 3. The molecule has 6 heteroatoms. The number of carbonyl (C=O) groups excluding carboxylic acids is 2. The third-order valence-electron chi connectivity index (χ3n) is 5.00. The van der Waals surface area contributed by atoms with Gasteiger partial charge in [-0.15, -0.1) is 0 Å². The lowest BCUT2D eigenvalue weighted by molar-refractivity contribution is -0.134. The minimum Gasteiger partial charge on any atom is -0.444 e. The Bertz CT molecular complexity index is 464. The fourth-order valence-electron chi connectivity index (χ4n) is 3.71. The Labute approximate surface area is 145 Å². The van der Waals surface area contributed by atoms with Gasteiger partial charge >= 0.3 is 6.09 Å². The molecule has 2 aliphatic heterocycles. The molecule has 2 rings (SSSR count). The van der Waals surface area contributed by atoms with Crippen molar-refractivity contribution in [1.29, 1.82) is 0 Å². The summed E-state index contributed by atoms with van der Waals surface area (Å²) in [4.78, 5) is 26.4. The van der Waals surface area contributed by atoms with Crippen LogP contribution in [0.2, 0.25) is 0 Å². The highest BCUT2D eigenvalue weighted by Gasteiger charge is 2.48. The number of hydrogen-bond donors (Lipinski definition) is 1. The lowest BCUT2D eigenvalue weighted by atomic mass is 9.72. The van der Waals surface area contributed by atoms with Crippen molar-refractivity contribution in [3.05, 3.63) is 0 Å². The van der Waals surface area contributed by atoms with Gasteiger partial charge < -0.3 is 19.7 Å². The van der Waals surface area contributed by atoms with E-state index < -0.39 is 11.7 Å². The second-order valence-electron chi connectivity index (χ2n) is 8.43. The van der Waals surface area contributed by atoms with Gasteiger partial charge in [0.2, 0.25) is 5.91 Å². The first kappa shape index (κ1) is 19.0. The van der Waals surface area contributed by atoms with Crippen LogP contribution < -0.4 is 5.32 Å². The topological polar surface area (TPSA) is 67.9 Å². The van der Waals surface area contributed by atoms with Crippen molar-refractivity contribution in [2.75, 3.05) is 32.8 Å². The molecule has 2 saturated heterocycles. The van der Waals surface area contributed by atoms with Gasteiger partial charge in [-0.1, -0.05) is 13.8 Å². The molecule has 2 heterocycles. The summed E-state index contributed by atoms with van der Waals surface area (Å²) < 4.78 is 10.9. The molecule has 138 valence electrons. The molecule has 6 nitrogen and oxygen atoms in total. The van der Waals surface area contributed by atoms with E-state index in [0.29, 0.717) is 13.1 Å². The van der Waals surface area contributed by atoms with E-state index >= 15 is 0 Å². The van der Waals surface area contributed by atoms with Crippen molar-refractivity contribution in [3.8, 4) is 0 Å². The van der Waals surface area contributed by atoms with Crippen molar-refractivity contribution < 1.29 is 19.1 Å². The predicted molar refractivity (Wildman–Crippen MR) is 91.6 cm³/mol. The number of carbonyl (C=O) groups is 2. The molecule has 0 radical (unpaired) electrons. The molecule has 0 aromatic heterocycles. The minimum atomic E-state index is -0.504. The van der Waals surface area contributed by atoms with E-state index in [0.717, 1.165) is 32.6 Å². The summed E-state index contributed by atoms with van der Waals surface area (Å²) >= 11 is 0. The van der Waals surface area contributed by atoms with E-state index in [9.17, 15) is 9.59 Å². The number of nitrogens with one attached hydrogen (secondary N) is 1. The third-order valence-corrected chi connectivity index (χ3v) is 5.00. The Balaban J connectivity index is 2.02. The number of alkyl carbamates (subject to hydrolysis) is 1. The largest absolute Gasteiger partial charge is 0.444 e. The van der Waals surface area contributed by atoms with Gasteiger partial charge in [0.25, 0.3) is 0 Å². The second kappa shape index (κ2) is 7.30. The smallest absolute Gasteiger partial charge is 0.407 e. The van der Waals surface area contributed by atoms with Crippen molar-refractivity contribution >= 4 is 12.0 Å². The van der Waals surface area contributed by atoms with Crippen LogP contribution in [0.25, 0.3) is 0 Å². The van der Waals surface area contributed by atoms with E-state index in [4.69, 9.17) is 9.47 Å². The molecular formula is C18H32N2O4. The van der Waals surface area contributed by atoms with Crippen LogP contribution in [0.3, 0.4) is 0 Å². The molecule has 0 aromatic rings. The van der Waals surface area contributed by atoms with E-state index in [1.807, 2.05) is 39.5 Å². The molecule has 2 amide bonds. The summed E-state index contributed by atoms with van der Waals surface area (Å²) in [6.45, 7) is 12.9. The van der Waals surface area contributed by atoms with Crippen LogP contribution in [-0.2, 0) is 14.3 Å². The predicted octanol–water partition coefficient (Wildman–Crippen LogP) is 2.42. The van der Waals surface area contributed by atoms with Crippen LogP contribution in [0, 0.1) is 17.3 Å². The van der Waals surface area contributed by atoms with Crippen LogP contribution in [0.1, 0.15) is 47.5 Å². The number of hydrogen-bond acceptors (Lipinski definition) is 4. The highest BCUT2D eigenvalue weighted by Crippen LogP contribution is 2.44. The maximum atomic E-state index is 12.4. The Morgan fingerprint density at radius 1 is 1.29 bits per heavy atom. The minimum absolute atomic E-state index is 0.000504. The molecule has 1 unspecified atom stereocenters. The van der Waals surface area contributed by atoms with E-state index in [2.05, 4.69) is 5.32 Å². The molecule has 24 heavy (non-hydrogen) atoms. The Hall–Kier alpha value is -1.30. The van der Waals surface area contributed by atoms with Crippen molar-refractivity contribution in [1.82, 2.24) is 10.2 Å². The van der Waals surface area contributed by atoms with Gasteiger partial charge in [0.1, 0.15) is 5.60 Å². The number of amides is 2. The molecule has 1 atom stereocenters. The molecule has 2 fully saturated rings. The van der Waals surface area contributed by atoms with Crippen LogP contribution in [-0.4, -0.2) is 55.3 Å². The first-order valence-corrected chi connectivity index (χ1v) is 8.96. The molecule has 1 spiro atoms. The van der Waals surface area contributed by atoms with Crippen LogP contribution >= 0.6 is 0 Å². The zero-order valence-electron chi connectivity index (χ0n) is 15.7. The summed E-state index contributed by atoms with van der Waals surface area (Å²) in [5, 5.41) is 2.90. The molecule has 0 aliphatic carbocycles. The maximum Gasteiger partial charge on any atom is 0.407 e. The summed E-state index contributed by atoms with van der Waals surface area (Å²) in [5.41, 5.74) is -0.451. The highest BCUT2D eigenvalue weighted by molar-refractivity contribution is 5.78. The second-order valence-corrected chi connectivity index (χ2v) is 8.43. The van der Waals surface area contributed by atoms with Gasteiger partial charge in [-0.2, -0.15) is 0 Å². The van der Waals surface area contributed by atoms with Crippen LogP contribution in [0.15, 0.2) is 0 Å². The van der Waals surface area contributed by atoms with Crippen molar-refractivity contribution in [2.24, 2.45) is 17.3 Å². The quantitative estimate of drug-likeness (QED) is 0.857. The Morgan fingerprint density at radius 2 is 1.92 bits per heavy atom. The third kappa shape index (κ3) is 4.62. The monoisotopic (exact) mass is 340 g/mol. The Kier molecular flexibility index (Phi) is 5.78. The number of nitrogens with zero attached hydrogens (tertiary/aromatic N) is 1. The van der Waals surface area contributed by atoms with Crippen LogP contribution in [0.5, 0.6) is 0 Å². The van der Waals surface area contributed by atoms with Gasteiger partial charge in [0.15, 0.2) is 0 Å². The molecule has 1 N–H and O–H groups in total. The Morgan fingerprint density at radius 3 is 2.46 bits per heavy atom. The normalized spacial score (nSPS) is 23.6. The number of ether oxygens (including phenoxy) is 2. The van der Waals surface area contributed by atoms with Gasteiger partial charge in [-0.25, -0.2) is 4.79 Å². The van der Waals surface area contributed by atoms with Crippen LogP contribution in [0.4, 0.5) is 4.79 Å². The maximum absolute atomic E-state index is 12.4. The van der Waals surface area contributed by atoms with Gasteiger partial charge in [-0.05, 0) is 39.0 Å². The van der Waals surface area contributed by atoms with E-state index in [1.165, 1.54) is 0 Å². The fraction of sp³-hybridized carbons (Fsp3) is 0.889. The zero-order valence-corrected chi connectivity index (χ0v) is 15.7. The van der Waals surface area contributed by atoms with E-state index in [1.54, 1.807) is 0 Å². The summed E-state index contributed by atoms with van der Waals surface area (Å²) in [7, 11) is 0. The molecule has 2 aliphatic rings. The average molecular weight is 340 g/mol. The zero-order chi connectivity index (χ0) is 18.0. The van der Waals surface area contributed by atoms with Crippen molar-refractivity contribution in [3.63, 3.8) is 0 Å². The summed E-state index contributed by atoms with van der Waals surface area (Å²) in [5.74, 6) is 0.441. The first-order valence-electron chi connectivity index (χ1n) is 8.96. The fourth-order valence-corrected chi connectivity index (χ4v) is 3.71. The molecule has 0 aromatic carbocycles. The van der Waals surface area contributed by atoms with Gasteiger partial charge in [0, 0.05) is 44.7 Å². The lowest BCUT2D eigenvalue weighted by Gasteiger charge is -2.38. The SMILES string of the molecule is CC(C)C(=O)N1CC(CNC(=O)OC(C)(C)C)C2(CCOCC2)C1. The standard InChI is InChI=1S/C18H32N2O4/c1-13(2)15(21)20-11-14(10-19-16(22)24-17(3,4)5)18(12-20)6-8-23-9-7-18/h13-14H,6-12H2,1-5H3,(H,19,22). The number of likely N-dealkylation sites (tertiary alicyclic amines) is 1. The van der Waals surface area contributed by atoms with Gasteiger partial charge in [0.05, 0.1) is 0 Å².